The van der Waals surface area contributed by atoms with Crippen LogP contribution in [0.4, 0.5) is 0 Å². The van der Waals surface area contributed by atoms with E-state index in [4.69, 9.17) is 0 Å². The maximum Gasteiger partial charge on any atom is 0.0361 e. The van der Waals surface area contributed by atoms with E-state index in [0.717, 1.165) is 5.92 Å². The van der Waals surface area contributed by atoms with E-state index < -0.39 is 0 Å². The molecule has 52 valence electrons. The summed E-state index contributed by atoms with van der Waals surface area (Å²) in [6.07, 6.45) is 13.5. The maximum atomic E-state index is 2.49. The third-order valence-electron chi connectivity index (χ3n) is 2.11. The van der Waals surface area contributed by atoms with E-state index >= 15 is 0 Å². The highest BCUT2D eigenvalue weighted by Crippen LogP contribution is 2.34. The Balaban J connectivity index is 2.26. The second-order valence-corrected chi connectivity index (χ2v) is 4.19. The van der Waals surface area contributed by atoms with Gasteiger partial charge in [0.05, 0.1) is 0 Å². The Morgan fingerprint density at radius 2 is 1.70 bits per heavy atom. The van der Waals surface area contributed by atoms with E-state index in [1.807, 2.05) is 0 Å². The predicted octanol–water partition coefficient (Wildman–Crippen LogP) is 2.72. The van der Waals surface area contributed by atoms with Gasteiger partial charge in [0.2, 0.25) is 0 Å². The zero-order valence-corrected chi connectivity index (χ0v) is 7.73. The molecule has 0 bridgehead atoms. The van der Waals surface area contributed by atoms with Crippen LogP contribution in [0.3, 0.4) is 0 Å². The van der Waals surface area contributed by atoms with Gasteiger partial charge in [0.25, 0.3) is 0 Å². The molecule has 2 unspecified atom stereocenters. The van der Waals surface area contributed by atoms with E-state index in [2.05, 4.69) is 59.0 Å². The lowest BCUT2D eigenvalue weighted by Gasteiger charge is -2.17. The van der Waals surface area contributed by atoms with Gasteiger partial charge in [-0.3, -0.25) is 0 Å². The molecule has 0 aliphatic heterocycles. The Hall–Kier alpha value is -0.0500. The summed E-state index contributed by atoms with van der Waals surface area (Å²) in [6.45, 7) is 0. The van der Waals surface area contributed by atoms with Gasteiger partial charge in [0.1, 0.15) is 0 Å². The quantitative estimate of drug-likeness (QED) is 0.349. The Kier molecular flexibility index (Phi) is 1.68. The van der Waals surface area contributed by atoms with Gasteiger partial charge >= 0.3 is 0 Å². The smallest absolute Gasteiger partial charge is 0.0361 e. The first kappa shape index (κ1) is 6.65. The van der Waals surface area contributed by atoms with Crippen molar-refractivity contribution >= 4 is 22.6 Å². The highest BCUT2D eigenvalue weighted by atomic mass is 127. The molecule has 0 saturated carbocycles. The van der Waals surface area contributed by atoms with Crippen LogP contribution in [0, 0.1) is 11.8 Å². The molecule has 0 nitrogen and oxygen atoms in total. The molecule has 0 radical (unpaired) electrons. The summed E-state index contributed by atoms with van der Waals surface area (Å²) in [4.78, 5) is 0. The summed E-state index contributed by atoms with van der Waals surface area (Å²) in [6, 6.07) is 0. The molecule has 0 spiro atoms. The minimum absolute atomic E-state index is 0.687. The average molecular weight is 244 g/mol. The third kappa shape index (κ3) is 0.965. The molecule has 10 heavy (non-hydrogen) atoms. The summed E-state index contributed by atoms with van der Waals surface area (Å²) >= 11 is 2.49. The first-order chi connectivity index (χ1) is 4.88. The topological polar surface area (TPSA) is 0 Å². The van der Waals surface area contributed by atoms with Crippen LogP contribution >= 0.6 is 22.6 Å². The lowest BCUT2D eigenvalue weighted by Crippen LogP contribution is -2.12. The van der Waals surface area contributed by atoms with E-state index in [1.165, 1.54) is 0 Å². The van der Waals surface area contributed by atoms with Gasteiger partial charge in [-0.1, -0.05) is 59.0 Å². The van der Waals surface area contributed by atoms with Crippen molar-refractivity contribution in [2.24, 2.45) is 11.8 Å². The van der Waals surface area contributed by atoms with Crippen LogP contribution in [-0.2, 0) is 0 Å². The summed E-state index contributed by atoms with van der Waals surface area (Å²) in [5.74, 6) is 1.43. The first-order valence-electron chi connectivity index (χ1n) is 3.55. The Morgan fingerprint density at radius 1 is 0.900 bits per heavy atom. The van der Waals surface area contributed by atoms with Gasteiger partial charge in [-0.15, -0.1) is 0 Å². The molecule has 2 rings (SSSR count). The molecule has 0 N–H and O–H groups in total. The highest BCUT2D eigenvalue weighted by Gasteiger charge is 2.26. The number of allylic oxidation sites excluding steroid dienone is 6. The summed E-state index contributed by atoms with van der Waals surface area (Å²) < 4.78 is 0.712. The molecule has 1 heteroatoms. The minimum Gasteiger partial charge on any atom is -0.0799 e. The summed E-state index contributed by atoms with van der Waals surface area (Å²) in [5, 5.41) is 0. The van der Waals surface area contributed by atoms with Crippen molar-refractivity contribution in [1.82, 2.24) is 0 Å². The molecule has 3 atom stereocenters. The van der Waals surface area contributed by atoms with E-state index in [-0.39, 0.29) is 0 Å². The van der Waals surface area contributed by atoms with Gasteiger partial charge in [0, 0.05) is 15.8 Å². The SMILES string of the molecule is I[C@H]1C=CC2C=CC=CC21. The number of alkyl halides is 1. The molecule has 0 heterocycles. The number of hydrogen-bond acceptors (Lipinski definition) is 0. The number of rotatable bonds is 0. The largest absolute Gasteiger partial charge is 0.0799 e. The minimum atomic E-state index is 0.687. The van der Waals surface area contributed by atoms with Gasteiger partial charge < -0.3 is 0 Å². The lowest BCUT2D eigenvalue weighted by atomic mass is 9.92. The molecule has 2 aliphatic rings. The van der Waals surface area contributed by atoms with Crippen LogP contribution in [-0.4, -0.2) is 3.92 Å². The maximum absolute atomic E-state index is 2.49. The van der Waals surface area contributed by atoms with Crippen molar-refractivity contribution in [2.75, 3.05) is 0 Å². The van der Waals surface area contributed by atoms with E-state index in [1.54, 1.807) is 0 Å². The zero-order valence-electron chi connectivity index (χ0n) is 5.57. The van der Waals surface area contributed by atoms with Gasteiger partial charge in [0.15, 0.2) is 0 Å². The van der Waals surface area contributed by atoms with Gasteiger partial charge in [-0.25, -0.2) is 0 Å². The van der Waals surface area contributed by atoms with Crippen molar-refractivity contribution in [3.63, 3.8) is 0 Å². The van der Waals surface area contributed by atoms with E-state index in [9.17, 15) is 0 Å². The Labute approximate surface area is 74.8 Å². The van der Waals surface area contributed by atoms with Crippen LogP contribution in [0.25, 0.3) is 0 Å². The number of halogens is 1. The molecule has 2 aliphatic carbocycles. The molecule has 0 saturated heterocycles. The van der Waals surface area contributed by atoms with Crippen LogP contribution < -0.4 is 0 Å². The molecule has 0 aromatic rings. The van der Waals surface area contributed by atoms with Gasteiger partial charge in [-0.05, 0) is 0 Å². The van der Waals surface area contributed by atoms with Crippen LogP contribution in [0.5, 0.6) is 0 Å². The molecular formula is C9H9I. The lowest BCUT2D eigenvalue weighted by molar-refractivity contribution is 0.617. The fraction of sp³-hybridized carbons (Fsp3) is 0.333. The Morgan fingerprint density at radius 3 is 2.50 bits per heavy atom. The number of fused-ring (bicyclic) bond motifs is 1. The average Bonchev–Trinajstić information content (AvgIpc) is 2.34. The standard InChI is InChI=1S/C9H9I/c10-9-6-5-7-3-1-2-4-8(7)9/h1-9H/t7?,8?,9-/m0/s1. The van der Waals surface area contributed by atoms with Crippen molar-refractivity contribution in [3.05, 3.63) is 36.5 Å². The summed E-state index contributed by atoms with van der Waals surface area (Å²) in [5.41, 5.74) is 0. The molecule has 0 aromatic heterocycles. The Bertz CT molecular complexity index is 213. The second kappa shape index (κ2) is 2.53. The summed E-state index contributed by atoms with van der Waals surface area (Å²) in [7, 11) is 0. The monoisotopic (exact) mass is 244 g/mol. The van der Waals surface area contributed by atoms with Crippen LogP contribution in [0.1, 0.15) is 0 Å². The van der Waals surface area contributed by atoms with Crippen molar-refractivity contribution in [1.29, 1.82) is 0 Å². The third-order valence-corrected chi connectivity index (χ3v) is 3.35. The van der Waals surface area contributed by atoms with Crippen LogP contribution in [0.15, 0.2) is 36.5 Å². The fourth-order valence-electron chi connectivity index (χ4n) is 1.52. The van der Waals surface area contributed by atoms with Gasteiger partial charge in [-0.2, -0.15) is 0 Å². The fourth-order valence-corrected chi connectivity index (χ4v) is 2.47. The van der Waals surface area contributed by atoms with Crippen molar-refractivity contribution in [2.45, 2.75) is 3.92 Å². The van der Waals surface area contributed by atoms with Crippen LogP contribution in [0.2, 0.25) is 0 Å². The molecular weight excluding hydrogens is 235 g/mol. The molecule has 0 amide bonds. The normalized spacial score (nSPS) is 42.3. The van der Waals surface area contributed by atoms with Crippen molar-refractivity contribution < 1.29 is 0 Å². The highest BCUT2D eigenvalue weighted by molar-refractivity contribution is 14.1. The molecule has 0 aromatic carbocycles. The zero-order chi connectivity index (χ0) is 6.97. The van der Waals surface area contributed by atoms with Crippen molar-refractivity contribution in [3.8, 4) is 0 Å². The van der Waals surface area contributed by atoms with E-state index in [0.29, 0.717) is 9.84 Å². The molecule has 0 fully saturated rings. The predicted molar refractivity (Wildman–Crippen MR) is 52.2 cm³/mol. The first-order valence-corrected chi connectivity index (χ1v) is 4.80. The number of hydrogen-bond donors (Lipinski definition) is 0. The second-order valence-electron chi connectivity index (χ2n) is 2.75.